The van der Waals surface area contributed by atoms with E-state index in [2.05, 4.69) is 15.9 Å². The maximum absolute atomic E-state index is 11.7. The molecule has 96 valence electrons. The first-order valence-electron chi connectivity index (χ1n) is 5.61. The van der Waals surface area contributed by atoms with Crippen LogP contribution in [0.15, 0.2) is 52.1 Å². The van der Waals surface area contributed by atoms with Gasteiger partial charge in [0.05, 0.1) is 12.3 Å². The first-order valence-corrected chi connectivity index (χ1v) is 5.61. The second kappa shape index (κ2) is 5.64. The SMILES string of the molecule is CCOC(=O)C(C#N)=C1N=NNN1c1ccccc1. The molecule has 0 aliphatic carbocycles. The number of para-hydroxylation sites is 1. The van der Waals surface area contributed by atoms with Gasteiger partial charge < -0.3 is 4.74 Å². The molecule has 0 aromatic heterocycles. The third-order valence-electron chi connectivity index (χ3n) is 2.33. The molecule has 7 nitrogen and oxygen atoms in total. The van der Waals surface area contributed by atoms with Crippen molar-refractivity contribution < 1.29 is 9.53 Å². The number of carbonyl (C=O) groups is 1. The quantitative estimate of drug-likeness (QED) is 0.505. The van der Waals surface area contributed by atoms with Crippen molar-refractivity contribution in [3.63, 3.8) is 0 Å². The third-order valence-corrected chi connectivity index (χ3v) is 2.33. The van der Waals surface area contributed by atoms with Crippen LogP contribution < -0.4 is 10.5 Å². The highest BCUT2D eigenvalue weighted by Gasteiger charge is 2.26. The number of nitrogens with zero attached hydrogens (tertiary/aromatic N) is 4. The van der Waals surface area contributed by atoms with Crippen molar-refractivity contribution in [1.29, 1.82) is 5.26 Å². The fourth-order valence-electron chi connectivity index (χ4n) is 1.52. The minimum absolute atomic E-state index is 0.118. The van der Waals surface area contributed by atoms with Crippen molar-refractivity contribution in [2.45, 2.75) is 6.92 Å². The predicted molar refractivity (Wildman–Crippen MR) is 66.2 cm³/mol. The summed E-state index contributed by atoms with van der Waals surface area (Å²) in [5.41, 5.74) is 3.12. The van der Waals surface area contributed by atoms with Gasteiger partial charge in [0.25, 0.3) is 0 Å². The Balaban J connectivity index is 2.39. The largest absolute Gasteiger partial charge is 0.462 e. The Labute approximate surface area is 109 Å². The number of hydrogen-bond donors (Lipinski definition) is 1. The second-order valence-electron chi connectivity index (χ2n) is 3.50. The maximum atomic E-state index is 11.7. The lowest BCUT2D eigenvalue weighted by Gasteiger charge is -2.17. The summed E-state index contributed by atoms with van der Waals surface area (Å²) in [5.74, 6) is -0.601. The molecule has 0 unspecified atom stereocenters. The second-order valence-corrected chi connectivity index (χ2v) is 3.50. The van der Waals surface area contributed by atoms with Gasteiger partial charge in [0.2, 0.25) is 5.82 Å². The first-order chi connectivity index (χ1) is 9.27. The summed E-state index contributed by atoms with van der Waals surface area (Å²) in [6, 6.07) is 10.9. The Morgan fingerprint density at radius 3 is 2.84 bits per heavy atom. The van der Waals surface area contributed by atoms with Gasteiger partial charge in [-0.3, -0.25) is 0 Å². The Bertz CT molecular complexity index is 574. The molecule has 1 aliphatic heterocycles. The zero-order valence-corrected chi connectivity index (χ0v) is 10.2. The van der Waals surface area contributed by atoms with Crippen molar-refractivity contribution in [2.24, 2.45) is 10.3 Å². The van der Waals surface area contributed by atoms with Gasteiger partial charge in [0.15, 0.2) is 5.57 Å². The molecule has 19 heavy (non-hydrogen) atoms. The average molecular weight is 257 g/mol. The van der Waals surface area contributed by atoms with Gasteiger partial charge in [-0.25, -0.2) is 9.80 Å². The minimum Gasteiger partial charge on any atom is -0.462 e. The third kappa shape index (κ3) is 2.52. The molecule has 1 aromatic rings. The minimum atomic E-state index is -0.719. The number of nitrogens with one attached hydrogen (secondary N) is 1. The van der Waals surface area contributed by atoms with E-state index in [4.69, 9.17) is 10.00 Å². The van der Waals surface area contributed by atoms with E-state index in [9.17, 15) is 4.79 Å². The molecule has 0 radical (unpaired) electrons. The molecule has 1 aromatic carbocycles. The van der Waals surface area contributed by atoms with E-state index in [1.165, 1.54) is 5.01 Å². The summed E-state index contributed by atoms with van der Waals surface area (Å²) in [4.78, 5) is 11.7. The molecular formula is C12H11N5O2. The van der Waals surface area contributed by atoms with Gasteiger partial charge in [0, 0.05) is 0 Å². The first kappa shape index (κ1) is 12.6. The van der Waals surface area contributed by atoms with Crippen LogP contribution in [0.3, 0.4) is 0 Å². The summed E-state index contributed by atoms with van der Waals surface area (Å²) < 4.78 is 4.82. The lowest BCUT2D eigenvalue weighted by molar-refractivity contribution is -0.138. The van der Waals surface area contributed by atoms with Gasteiger partial charge in [-0.1, -0.05) is 23.4 Å². The van der Waals surface area contributed by atoms with Crippen LogP contribution in [-0.2, 0) is 9.53 Å². The van der Waals surface area contributed by atoms with E-state index in [0.717, 1.165) is 0 Å². The molecule has 0 bridgehead atoms. The number of anilines is 1. The zero-order chi connectivity index (χ0) is 13.7. The number of ether oxygens (including phenoxy) is 1. The van der Waals surface area contributed by atoms with E-state index in [1.807, 2.05) is 18.2 Å². The molecule has 0 saturated heterocycles. The number of hydrogen-bond acceptors (Lipinski definition) is 7. The van der Waals surface area contributed by atoms with Crippen molar-refractivity contribution in [3.8, 4) is 6.07 Å². The normalized spacial score (nSPS) is 15.7. The molecule has 0 spiro atoms. The highest BCUT2D eigenvalue weighted by atomic mass is 16.5. The van der Waals surface area contributed by atoms with Crippen molar-refractivity contribution >= 4 is 11.7 Å². The van der Waals surface area contributed by atoms with Crippen LogP contribution in [0.1, 0.15) is 6.92 Å². The van der Waals surface area contributed by atoms with E-state index in [1.54, 1.807) is 25.1 Å². The maximum Gasteiger partial charge on any atom is 0.352 e. The number of rotatable bonds is 3. The molecule has 1 N–H and O–H groups in total. The van der Waals surface area contributed by atoms with Crippen molar-refractivity contribution in [1.82, 2.24) is 5.53 Å². The van der Waals surface area contributed by atoms with E-state index in [-0.39, 0.29) is 18.0 Å². The molecule has 1 heterocycles. The molecule has 1 aliphatic rings. The molecule has 2 rings (SSSR count). The number of hydrazine groups is 1. The lowest BCUT2D eigenvalue weighted by Crippen LogP contribution is -2.30. The smallest absolute Gasteiger partial charge is 0.352 e. The summed E-state index contributed by atoms with van der Waals surface area (Å²) in [5, 5.41) is 17.9. The summed E-state index contributed by atoms with van der Waals surface area (Å²) in [7, 11) is 0. The fourth-order valence-corrected chi connectivity index (χ4v) is 1.52. The van der Waals surface area contributed by atoms with Crippen molar-refractivity contribution in [2.75, 3.05) is 11.6 Å². The summed E-state index contributed by atoms with van der Waals surface area (Å²) in [6.45, 7) is 1.86. The molecule has 7 heteroatoms. The van der Waals surface area contributed by atoms with Crippen LogP contribution in [0.5, 0.6) is 0 Å². The standard InChI is InChI=1S/C12H11N5O2/c1-2-19-12(18)10(8-13)11-14-15-16-17(11)9-6-4-3-5-7-9/h3-7H,2H2,1H3,(H,14,16). The molecule has 0 fully saturated rings. The van der Waals surface area contributed by atoms with Crippen LogP contribution in [0.2, 0.25) is 0 Å². The Hall–Kier alpha value is -2.88. The van der Waals surface area contributed by atoms with Gasteiger partial charge in [-0.05, 0) is 19.1 Å². The molecule has 0 amide bonds. The van der Waals surface area contributed by atoms with E-state index >= 15 is 0 Å². The molecular weight excluding hydrogens is 246 g/mol. The molecule has 0 atom stereocenters. The van der Waals surface area contributed by atoms with E-state index < -0.39 is 5.97 Å². The van der Waals surface area contributed by atoms with Crippen LogP contribution in [0.25, 0.3) is 0 Å². The topological polar surface area (TPSA) is 90.1 Å². The fraction of sp³-hybridized carbons (Fsp3) is 0.167. The van der Waals surface area contributed by atoms with Crippen LogP contribution in [0, 0.1) is 11.3 Å². The lowest BCUT2D eigenvalue weighted by atomic mass is 10.2. The highest BCUT2D eigenvalue weighted by molar-refractivity contribution is 5.94. The van der Waals surface area contributed by atoms with Gasteiger partial charge in [-0.2, -0.15) is 10.8 Å². The Morgan fingerprint density at radius 1 is 1.47 bits per heavy atom. The van der Waals surface area contributed by atoms with Crippen LogP contribution >= 0.6 is 0 Å². The predicted octanol–water partition coefficient (Wildman–Crippen LogP) is 1.68. The van der Waals surface area contributed by atoms with Gasteiger partial charge in [0.1, 0.15) is 6.07 Å². The number of carbonyl (C=O) groups excluding carboxylic acids is 1. The van der Waals surface area contributed by atoms with Gasteiger partial charge >= 0.3 is 5.97 Å². The van der Waals surface area contributed by atoms with Crippen molar-refractivity contribution in [3.05, 3.63) is 41.7 Å². The van der Waals surface area contributed by atoms with Gasteiger partial charge in [-0.15, -0.1) is 5.11 Å². The number of benzene rings is 1. The average Bonchev–Trinajstić information content (AvgIpc) is 2.90. The van der Waals surface area contributed by atoms with Crippen LogP contribution in [-0.4, -0.2) is 12.6 Å². The van der Waals surface area contributed by atoms with Crippen LogP contribution in [0.4, 0.5) is 5.69 Å². The Morgan fingerprint density at radius 2 is 2.21 bits per heavy atom. The number of nitriles is 1. The Kier molecular flexibility index (Phi) is 3.73. The highest BCUT2D eigenvalue weighted by Crippen LogP contribution is 2.23. The molecule has 0 saturated carbocycles. The zero-order valence-electron chi connectivity index (χ0n) is 10.2. The monoisotopic (exact) mass is 257 g/mol. The van der Waals surface area contributed by atoms with E-state index in [0.29, 0.717) is 5.69 Å². The number of esters is 1. The summed E-state index contributed by atoms with van der Waals surface area (Å²) in [6.07, 6.45) is 0. The summed E-state index contributed by atoms with van der Waals surface area (Å²) >= 11 is 0.